The predicted molar refractivity (Wildman–Crippen MR) is 79.2 cm³/mol. The second-order valence-corrected chi connectivity index (χ2v) is 5.33. The van der Waals surface area contributed by atoms with Gasteiger partial charge in [-0.2, -0.15) is 0 Å². The predicted octanol–water partition coefficient (Wildman–Crippen LogP) is 4.56. The number of hydrogen-bond donors (Lipinski definition) is 1. The van der Waals surface area contributed by atoms with Gasteiger partial charge in [0.1, 0.15) is 11.6 Å². The van der Waals surface area contributed by atoms with Crippen molar-refractivity contribution in [1.82, 2.24) is 0 Å². The van der Waals surface area contributed by atoms with Gasteiger partial charge in [-0.05, 0) is 34.5 Å². The monoisotopic (exact) mass is 356 g/mol. The highest BCUT2D eigenvalue weighted by atomic mass is 79.9. The first-order valence-electron chi connectivity index (χ1n) is 6.01. The molecule has 0 aliphatic rings. The van der Waals surface area contributed by atoms with E-state index in [4.69, 9.17) is 0 Å². The molecule has 0 heterocycles. The van der Waals surface area contributed by atoms with E-state index in [0.29, 0.717) is 11.1 Å². The molecule has 0 bridgehead atoms. The third-order valence-electron chi connectivity index (χ3n) is 2.96. The Hall–Kier alpha value is -2.02. The van der Waals surface area contributed by atoms with Gasteiger partial charge >= 0.3 is 0 Å². The van der Waals surface area contributed by atoms with Gasteiger partial charge in [0.25, 0.3) is 5.69 Å². The molecule has 0 radical (unpaired) electrons. The van der Waals surface area contributed by atoms with Crippen molar-refractivity contribution in [3.05, 3.63) is 67.7 Å². The third kappa shape index (κ3) is 3.55. The fourth-order valence-electron chi connectivity index (χ4n) is 1.82. The number of nitro benzene ring substituents is 1. The molecular weight excluding hydrogens is 346 g/mol. The number of nitrogens with zero attached hydrogens (tertiary/aromatic N) is 1. The van der Waals surface area contributed by atoms with Crippen LogP contribution in [-0.4, -0.2) is 4.92 Å². The average Bonchev–Trinajstić information content (AvgIpc) is 2.42. The van der Waals surface area contributed by atoms with Crippen molar-refractivity contribution in [3.63, 3.8) is 0 Å². The van der Waals surface area contributed by atoms with E-state index >= 15 is 0 Å². The summed E-state index contributed by atoms with van der Waals surface area (Å²) in [4.78, 5) is 10.4. The third-order valence-corrected chi connectivity index (χ3v) is 3.57. The molecule has 0 aliphatic heterocycles. The van der Waals surface area contributed by atoms with Crippen molar-refractivity contribution in [2.45, 2.75) is 13.5 Å². The smallest absolute Gasteiger partial charge is 0.272 e. The fourth-order valence-corrected chi connectivity index (χ4v) is 2.16. The van der Waals surface area contributed by atoms with E-state index in [1.165, 1.54) is 12.1 Å². The van der Waals surface area contributed by atoms with E-state index in [0.717, 1.165) is 6.07 Å². The van der Waals surface area contributed by atoms with Gasteiger partial charge in [-0.15, -0.1) is 0 Å². The van der Waals surface area contributed by atoms with Crippen LogP contribution in [-0.2, 0) is 6.54 Å². The first-order chi connectivity index (χ1) is 9.88. The van der Waals surface area contributed by atoms with Gasteiger partial charge in [-0.3, -0.25) is 10.1 Å². The summed E-state index contributed by atoms with van der Waals surface area (Å²) in [5.74, 6) is -1.42. The number of anilines is 1. The molecule has 0 fully saturated rings. The molecular formula is C14H11BrF2N2O2. The summed E-state index contributed by atoms with van der Waals surface area (Å²) in [6.07, 6.45) is 0. The molecule has 0 saturated carbocycles. The van der Waals surface area contributed by atoms with Gasteiger partial charge < -0.3 is 5.32 Å². The minimum absolute atomic E-state index is 0.00931. The highest BCUT2D eigenvalue weighted by molar-refractivity contribution is 9.10. The van der Waals surface area contributed by atoms with E-state index in [-0.39, 0.29) is 22.4 Å². The molecule has 0 atom stereocenters. The second kappa shape index (κ2) is 6.17. The average molecular weight is 357 g/mol. The Morgan fingerprint density at radius 3 is 2.62 bits per heavy atom. The molecule has 110 valence electrons. The first-order valence-corrected chi connectivity index (χ1v) is 6.80. The van der Waals surface area contributed by atoms with Crippen LogP contribution in [0.3, 0.4) is 0 Å². The van der Waals surface area contributed by atoms with Crippen LogP contribution in [0.5, 0.6) is 0 Å². The topological polar surface area (TPSA) is 55.2 Å². The Labute approximate surface area is 128 Å². The molecule has 0 amide bonds. The van der Waals surface area contributed by atoms with E-state index in [1.54, 1.807) is 19.1 Å². The molecule has 2 rings (SSSR count). The Balaban J connectivity index is 2.19. The number of halogens is 3. The van der Waals surface area contributed by atoms with Gasteiger partial charge in [-0.1, -0.05) is 12.1 Å². The number of nitrogens with one attached hydrogen (secondary N) is 1. The number of aryl methyl sites for hydroxylation is 1. The summed E-state index contributed by atoms with van der Waals surface area (Å²) < 4.78 is 26.8. The van der Waals surface area contributed by atoms with Crippen LogP contribution < -0.4 is 5.32 Å². The summed E-state index contributed by atoms with van der Waals surface area (Å²) >= 11 is 2.98. The van der Waals surface area contributed by atoms with Crippen molar-refractivity contribution in [2.75, 3.05) is 5.32 Å². The quantitative estimate of drug-likeness (QED) is 0.496. The number of rotatable bonds is 4. The molecule has 7 heteroatoms. The fraction of sp³-hybridized carbons (Fsp3) is 0.143. The molecule has 2 aromatic carbocycles. The lowest BCUT2D eigenvalue weighted by Gasteiger charge is -2.09. The van der Waals surface area contributed by atoms with Crippen LogP contribution in [0.15, 0.2) is 34.8 Å². The molecule has 0 unspecified atom stereocenters. The SMILES string of the molecule is Cc1ccc(CNc2cc(Br)c(F)cc2F)cc1[N+](=O)[O-]. The normalized spacial score (nSPS) is 10.5. The Morgan fingerprint density at radius 2 is 1.95 bits per heavy atom. The van der Waals surface area contributed by atoms with Crippen LogP contribution in [0.4, 0.5) is 20.2 Å². The van der Waals surface area contributed by atoms with Crippen molar-refractivity contribution in [3.8, 4) is 0 Å². The minimum atomic E-state index is -0.725. The highest BCUT2D eigenvalue weighted by Crippen LogP contribution is 2.25. The van der Waals surface area contributed by atoms with Crippen LogP contribution in [0.1, 0.15) is 11.1 Å². The van der Waals surface area contributed by atoms with E-state index in [1.807, 2.05) is 0 Å². The molecule has 4 nitrogen and oxygen atoms in total. The van der Waals surface area contributed by atoms with Crippen molar-refractivity contribution < 1.29 is 13.7 Å². The van der Waals surface area contributed by atoms with Crippen molar-refractivity contribution in [2.24, 2.45) is 0 Å². The first kappa shape index (κ1) is 15.4. The number of nitro groups is 1. The maximum atomic E-state index is 13.6. The summed E-state index contributed by atoms with van der Waals surface area (Å²) in [6.45, 7) is 1.84. The van der Waals surface area contributed by atoms with E-state index < -0.39 is 16.6 Å². The molecule has 0 spiro atoms. The maximum Gasteiger partial charge on any atom is 0.272 e. The Bertz CT molecular complexity index is 708. The summed E-state index contributed by atoms with van der Waals surface area (Å²) in [5, 5.41) is 13.7. The second-order valence-electron chi connectivity index (χ2n) is 4.48. The molecule has 0 aliphatic carbocycles. The lowest BCUT2D eigenvalue weighted by molar-refractivity contribution is -0.385. The van der Waals surface area contributed by atoms with Crippen LogP contribution in [0.2, 0.25) is 0 Å². The van der Waals surface area contributed by atoms with Gasteiger partial charge in [0.05, 0.1) is 15.1 Å². The Morgan fingerprint density at radius 1 is 1.24 bits per heavy atom. The van der Waals surface area contributed by atoms with Gasteiger partial charge in [-0.25, -0.2) is 8.78 Å². The number of hydrogen-bond acceptors (Lipinski definition) is 3. The minimum Gasteiger partial charge on any atom is -0.379 e. The highest BCUT2D eigenvalue weighted by Gasteiger charge is 2.12. The van der Waals surface area contributed by atoms with Gasteiger partial charge in [0.15, 0.2) is 0 Å². The van der Waals surface area contributed by atoms with Gasteiger partial charge in [0.2, 0.25) is 0 Å². The summed E-state index contributed by atoms with van der Waals surface area (Å²) in [6, 6.07) is 6.83. The molecule has 0 saturated heterocycles. The zero-order chi connectivity index (χ0) is 15.6. The molecule has 2 aromatic rings. The lowest BCUT2D eigenvalue weighted by Crippen LogP contribution is -2.03. The van der Waals surface area contributed by atoms with Crippen LogP contribution in [0, 0.1) is 28.7 Å². The zero-order valence-electron chi connectivity index (χ0n) is 11.0. The van der Waals surface area contributed by atoms with Gasteiger partial charge in [0, 0.05) is 24.2 Å². The number of benzene rings is 2. The van der Waals surface area contributed by atoms with Crippen LogP contribution in [0.25, 0.3) is 0 Å². The van der Waals surface area contributed by atoms with E-state index in [2.05, 4.69) is 21.2 Å². The summed E-state index contributed by atoms with van der Waals surface area (Å²) in [5.41, 5.74) is 1.31. The molecule has 0 aromatic heterocycles. The lowest BCUT2D eigenvalue weighted by atomic mass is 10.1. The van der Waals surface area contributed by atoms with Crippen LogP contribution >= 0.6 is 15.9 Å². The zero-order valence-corrected chi connectivity index (χ0v) is 12.6. The molecule has 21 heavy (non-hydrogen) atoms. The standard InChI is InChI=1S/C14H11BrF2N2O2/c1-8-2-3-9(4-14(8)19(20)21)7-18-13-5-10(15)11(16)6-12(13)17/h2-6,18H,7H2,1H3. The van der Waals surface area contributed by atoms with E-state index in [9.17, 15) is 18.9 Å². The Kier molecular flexibility index (Phi) is 4.52. The van der Waals surface area contributed by atoms with Crippen molar-refractivity contribution in [1.29, 1.82) is 0 Å². The maximum absolute atomic E-state index is 13.6. The largest absolute Gasteiger partial charge is 0.379 e. The summed E-state index contributed by atoms with van der Waals surface area (Å²) in [7, 11) is 0. The van der Waals surface area contributed by atoms with Crippen molar-refractivity contribution >= 4 is 27.3 Å². The molecule has 1 N–H and O–H groups in total.